The third-order valence-corrected chi connectivity index (χ3v) is 13.0. The van der Waals surface area contributed by atoms with Crippen molar-refractivity contribution in [3.8, 4) is 28.2 Å². The summed E-state index contributed by atoms with van der Waals surface area (Å²) >= 11 is 0. The molecule has 0 bridgehead atoms. The average Bonchev–Trinajstić information content (AvgIpc) is 4.01. The summed E-state index contributed by atoms with van der Waals surface area (Å²) in [6.45, 7) is 0. The molecular weight excluding hydrogens is 777 g/mol. The van der Waals surface area contributed by atoms with E-state index in [0.29, 0.717) is 0 Å². The largest absolute Gasteiger partial charge is 0.310 e. The molecule has 0 fully saturated rings. The molecule has 0 aliphatic heterocycles. The highest BCUT2D eigenvalue weighted by Crippen LogP contribution is 2.45. The van der Waals surface area contributed by atoms with Gasteiger partial charge in [0.25, 0.3) is 0 Å². The van der Waals surface area contributed by atoms with Gasteiger partial charge in [-0.05, 0) is 120 Å². The Kier molecular flexibility index (Phi) is 8.18. The van der Waals surface area contributed by atoms with Crippen LogP contribution in [0.5, 0.6) is 0 Å². The van der Waals surface area contributed by atoms with Gasteiger partial charge in [0.1, 0.15) is 0 Å². The maximum absolute atomic E-state index is 2.43. The van der Waals surface area contributed by atoms with Crippen LogP contribution in [-0.2, 0) is 0 Å². The molecule has 4 heteroatoms. The molecule has 3 heterocycles. The summed E-state index contributed by atoms with van der Waals surface area (Å²) < 4.78 is 7.21. The summed E-state index contributed by atoms with van der Waals surface area (Å²) in [7, 11) is 0. The Bertz CT molecular complexity index is 3880. The molecule has 0 saturated carbocycles. The first-order valence-corrected chi connectivity index (χ1v) is 21.9. The van der Waals surface area contributed by atoms with Crippen LogP contribution in [0.1, 0.15) is 0 Å². The average molecular weight is 817 g/mol. The van der Waals surface area contributed by atoms with Crippen LogP contribution in [0.3, 0.4) is 0 Å². The van der Waals surface area contributed by atoms with Gasteiger partial charge in [-0.2, -0.15) is 0 Å². The highest BCUT2D eigenvalue weighted by atomic mass is 15.1. The van der Waals surface area contributed by atoms with Crippen molar-refractivity contribution in [3.05, 3.63) is 243 Å². The Morgan fingerprint density at radius 1 is 0.234 bits per heavy atom. The zero-order valence-electron chi connectivity index (χ0n) is 34.9. The lowest BCUT2D eigenvalue weighted by Crippen LogP contribution is -2.10. The van der Waals surface area contributed by atoms with Gasteiger partial charge in [-0.15, -0.1) is 0 Å². The molecule has 0 radical (unpaired) electrons. The van der Waals surface area contributed by atoms with E-state index in [1.54, 1.807) is 0 Å². The Labute approximate surface area is 370 Å². The molecule has 0 atom stereocenters. The molecule has 13 aromatic rings. The molecular formula is C60H40N4. The Hall–Kier alpha value is -8.60. The van der Waals surface area contributed by atoms with E-state index < -0.39 is 0 Å². The van der Waals surface area contributed by atoms with Gasteiger partial charge in [-0.25, -0.2) is 0 Å². The maximum Gasteiger partial charge on any atom is 0.0547 e. The van der Waals surface area contributed by atoms with E-state index in [4.69, 9.17) is 0 Å². The lowest BCUT2D eigenvalue weighted by Gasteiger charge is -2.26. The second kappa shape index (κ2) is 14.5. The number of benzene rings is 10. The van der Waals surface area contributed by atoms with Crippen LogP contribution in [0.4, 0.5) is 17.1 Å². The van der Waals surface area contributed by atoms with Crippen molar-refractivity contribution in [2.75, 3.05) is 4.90 Å². The van der Waals surface area contributed by atoms with Crippen LogP contribution in [0.15, 0.2) is 243 Å². The van der Waals surface area contributed by atoms with Crippen LogP contribution in [-0.4, -0.2) is 13.7 Å². The van der Waals surface area contributed by atoms with Gasteiger partial charge in [0, 0.05) is 66.4 Å². The minimum Gasteiger partial charge on any atom is -0.310 e. The summed E-state index contributed by atoms with van der Waals surface area (Å²) in [5.41, 5.74) is 16.3. The number of nitrogens with zero attached hydrogens (tertiary/aromatic N) is 4. The second-order valence-corrected chi connectivity index (χ2v) is 16.5. The van der Waals surface area contributed by atoms with Gasteiger partial charge >= 0.3 is 0 Å². The van der Waals surface area contributed by atoms with E-state index in [-0.39, 0.29) is 0 Å². The zero-order valence-corrected chi connectivity index (χ0v) is 34.9. The van der Waals surface area contributed by atoms with E-state index in [0.717, 1.165) is 34.1 Å². The van der Waals surface area contributed by atoms with E-state index in [1.165, 1.54) is 76.5 Å². The fraction of sp³-hybridized carbons (Fsp3) is 0. The molecule has 0 aliphatic carbocycles. The summed E-state index contributed by atoms with van der Waals surface area (Å²) in [5.74, 6) is 0. The molecule has 0 spiro atoms. The van der Waals surface area contributed by atoms with Crippen molar-refractivity contribution in [3.63, 3.8) is 0 Å². The van der Waals surface area contributed by atoms with Crippen molar-refractivity contribution in [2.24, 2.45) is 0 Å². The lowest BCUT2D eigenvalue weighted by atomic mass is 9.95. The Morgan fingerprint density at radius 2 is 0.609 bits per heavy atom. The number of aromatic nitrogens is 3. The van der Waals surface area contributed by atoms with E-state index in [1.807, 2.05) is 0 Å². The molecule has 13 rings (SSSR count). The first-order chi connectivity index (χ1) is 31.8. The minimum absolute atomic E-state index is 1.09. The van der Waals surface area contributed by atoms with Gasteiger partial charge in [0.2, 0.25) is 0 Å². The highest BCUT2D eigenvalue weighted by Gasteiger charge is 2.22. The van der Waals surface area contributed by atoms with Gasteiger partial charge in [-0.3, -0.25) is 0 Å². The quantitative estimate of drug-likeness (QED) is 0.157. The molecule has 0 amide bonds. The summed E-state index contributed by atoms with van der Waals surface area (Å²) in [6, 6.07) is 88.0. The molecule has 4 nitrogen and oxygen atoms in total. The molecule has 300 valence electrons. The molecule has 0 N–H and O–H groups in total. The Morgan fingerprint density at radius 3 is 1.16 bits per heavy atom. The van der Waals surface area contributed by atoms with E-state index in [2.05, 4.69) is 261 Å². The van der Waals surface area contributed by atoms with Gasteiger partial charge in [0.05, 0.1) is 33.1 Å². The number of anilines is 3. The molecule has 0 unspecified atom stereocenters. The fourth-order valence-electron chi connectivity index (χ4n) is 10.4. The van der Waals surface area contributed by atoms with Crippen molar-refractivity contribution in [1.82, 2.24) is 13.7 Å². The molecule has 10 aromatic carbocycles. The number of hydrogen-bond acceptors (Lipinski definition) is 1. The van der Waals surface area contributed by atoms with Crippen LogP contribution in [0, 0.1) is 0 Å². The van der Waals surface area contributed by atoms with Gasteiger partial charge in [-0.1, -0.05) is 133 Å². The topological polar surface area (TPSA) is 18.0 Å². The normalized spacial score (nSPS) is 11.8. The molecule has 3 aromatic heterocycles. The molecule has 64 heavy (non-hydrogen) atoms. The van der Waals surface area contributed by atoms with Crippen molar-refractivity contribution >= 4 is 82.5 Å². The lowest BCUT2D eigenvalue weighted by molar-refractivity contribution is 1.17. The van der Waals surface area contributed by atoms with Crippen LogP contribution >= 0.6 is 0 Å². The number of fused-ring (bicyclic) bond motifs is 9. The summed E-state index contributed by atoms with van der Waals surface area (Å²) in [5, 5.41) is 7.44. The maximum atomic E-state index is 2.43. The molecule has 0 aliphatic rings. The van der Waals surface area contributed by atoms with E-state index >= 15 is 0 Å². The first-order valence-electron chi connectivity index (χ1n) is 21.9. The number of rotatable bonds is 7. The summed E-state index contributed by atoms with van der Waals surface area (Å²) in [4.78, 5) is 2.37. The smallest absolute Gasteiger partial charge is 0.0547 e. The third-order valence-electron chi connectivity index (χ3n) is 13.0. The van der Waals surface area contributed by atoms with Crippen LogP contribution < -0.4 is 4.90 Å². The monoisotopic (exact) mass is 816 g/mol. The van der Waals surface area contributed by atoms with Crippen molar-refractivity contribution < 1.29 is 0 Å². The van der Waals surface area contributed by atoms with Gasteiger partial charge < -0.3 is 18.6 Å². The second-order valence-electron chi connectivity index (χ2n) is 16.5. The highest BCUT2D eigenvalue weighted by molar-refractivity contribution is 6.22. The van der Waals surface area contributed by atoms with Crippen molar-refractivity contribution in [2.45, 2.75) is 0 Å². The standard InChI is InChI=1S/C60H40N4/c1-4-18-41(19-5-1)61(46-38-39-56-52(40-46)47-24-10-13-29-53(47)62(56)42-20-6-2-7-21-42)44-34-36-45(37-35-44)64-55-31-15-12-26-51(55)60-49(28-17-33-58(60)64)48-27-16-32-57-59(48)50-25-11-14-30-54(50)63(57)43-22-8-3-9-23-43/h1-40H. The number of hydrogen-bond donors (Lipinski definition) is 0. The Balaban J connectivity index is 0.970. The fourth-order valence-corrected chi connectivity index (χ4v) is 10.4. The van der Waals surface area contributed by atoms with Gasteiger partial charge in [0.15, 0.2) is 0 Å². The zero-order chi connectivity index (χ0) is 42.1. The SMILES string of the molecule is c1ccc(N(c2ccc(-n3c4ccccc4c4c(-c5cccc6c5c5ccccc5n6-c5ccccc5)cccc43)cc2)c2ccc3c(c2)c2ccccc2n3-c2ccccc2)cc1. The predicted molar refractivity (Wildman–Crippen MR) is 270 cm³/mol. The number of para-hydroxylation sites is 6. The minimum atomic E-state index is 1.09. The third kappa shape index (κ3) is 5.49. The van der Waals surface area contributed by atoms with Crippen LogP contribution in [0.25, 0.3) is 93.6 Å². The summed E-state index contributed by atoms with van der Waals surface area (Å²) in [6.07, 6.45) is 0. The van der Waals surface area contributed by atoms with Crippen LogP contribution in [0.2, 0.25) is 0 Å². The predicted octanol–water partition coefficient (Wildman–Crippen LogP) is 16.1. The van der Waals surface area contributed by atoms with Crippen molar-refractivity contribution in [1.29, 1.82) is 0 Å². The first kappa shape index (κ1) is 36.1. The van der Waals surface area contributed by atoms with E-state index in [9.17, 15) is 0 Å². The molecule has 0 saturated heterocycles.